The Hall–Kier alpha value is -2.57. The molecule has 1 aliphatic heterocycles. The maximum Gasteiger partial charge on any atom is 0.304 e. The summed E-state index contributed by atoms with van der Waals surface area (Å²) in [5, 5.41) is 11.7. The van der Waals surface area contributed by atoms with Gasteiger partial charge in [0.1, 0.15) is 0 Å². The molecule has 0 aromatic heterocycles. The van der Waals surface area contributed by atoms with E-state index >= 15 is 0 Å². The first kappa shape index (κ1) is 16.8. The van der Waals surface area contributed by atoms with Gasteiger partial charge in [-0.25, -0.2) is 0 Å². The fourth-order valence-electron chi connectivity index (χ4n) is 2.69. The maximum atomic E-state index is 12.0. The van der Waals surface area contributed by atoms with Crippen LogP contribution in [-0.4, -0.2) is 29.5 Å². The predicted molar refractivity (Wildman–Crippen MR) is 88.1 cm³/mol. The standard InChI is InChI=1S/C16H22N4O3/c17-16(18)19-6-2-1-3-10-4-5-11-8-12(9-14(21)22)15(23)20-13(11)7-10/h4-5,7,12H,1-3,6,8-9H2,(H,20,23)(H,21,22)(H4,17,18,19). The number of carbonyl (C=O) groups excluding carboxylic acids is 1. The summed E-state index contributed by atoms with van der Waals surface area (Å²) in [4.78, 5) is 26.7. The lowest BCUT2D eigenvalue weighted by Crippen LogP contribution is -2.31. The number of rotatable bonds is 7. The molecule has 1 unspecified atom stereocenters. The summed E-state index contributed by atoms with van der Waals surface area (Å²) in [7, 11) is 0. The van der Waals surface area contributed by atoms with E-state index in [1.807, 2.05) is 18.2 Å². The Morgan fingerprint density at radius 1 is 1.35 bits per heavy atom. The van der Waals surface area contributed by atoms with Crippen molar-refractivity contribution in [3.63, 3.8) is 0 Å². The molecular formula is C16H22N4O3. The molecule has 2 rings (SSSR count). The van der Waals surface area contributed by atoms with Crippen LogP contribution in [0.25, 0.3) is 0 Å². The molecule has 7 nitrogen and oxygen atoms in total. The third kappa shape index (κ3) is 4.98. The number of carboxylic acid groups (broad SMARTS) is 1. The minimum Gasteiger partial charge on any atom is -0.481 e. The number of carboxylic acids is 1. The van der Waals surface area contributed by atoms with E-state index in [1.165, 1.54) is 0 Å². The summed E-state index contributed by atoms with van der Waals surface area (Å²) in [6.07, 6.45) is 3.05. The number of fused-ring (bicyclic) bond motifs is 1. The van der Waals surface area contributed by atoms with Crippen LogP contribution in [0.15, 0.2) is 23.2 Å². The van der Waals surface area contributed by atoms with Crippen LogP contribution in [0.2, 0.25) is 0 Å². The lowest BCUT2D eigenvalue weighted by molar-refractivity contribution is -0.140. The van der Waals surface area contributed by atoms with Crippen molar-refractivity contribution in [2.45, 2.75) is 32.1 Å². The maximum absolute atomic E-state index is 12.0. The van der Waals surface area contributed by atoms with Gasteiger partial charge in [0.2, 0.25) is 5.91 Å². The topological polar surface area (TPSA) is 131 Å². The molecule has 0 fully saturated rings. The molecule has 0 saturated heterocycles. The van der Waals surface area contributed by atoms with Crippen molar-refractivity contribution in [1.82, 2.24) is 0 Å². The monoisotopic (exact) mass is 318 g/mol. The molecule has 0 saturated carbocycles. The summed E-state index contributed by atoms with van der Waals surface area (Å²) >= 11 is 0. The molecular weight excluding hydrogens is 296 g/mol. The zero-order valence-electron chi connectivity index (χ0n) is 12.9. The molecule has 1 aromatic carbocycles. The first-order chi connectivity index (χ1) is 11.0. The fourth-order valence-corrected chi connectivity index (χ4v) is 2.69. The lowest BCUT2D eigenvalue weighted by atomic mass is 9.89. The molecule has 6 N–H and O–H groups in total. The number of nitrogens with one attached hydrogen (secondary N) is 1. The number of nitrogens with zero attached hydrogens (tertiary/aromatic N) is 1. The van der Waals surface area contributed by atoms with Gasteiger partial charge in [-0.1, -0.05) is 12.1 Å². The Morgan fingerprint density at radius 3 is 2.83 bits per heavy atom. The second-order valence-electron chi connectivity index (χ2n) is 5.74. The minimum atomic E-state index is -0.953. The summed E-state index contributed by atoms with van der Waals surface area (Å²) in [5.74, 6) is -1.56. The largest absolute Gasteiger partial charge is 0.481 e. The SMILES string of the molecule is NC(N)=NCCCCc1ccc2c(c1)NC(=O)C(CC(=O)O)C2. The molecule has 23 heavy (non-hydrogen) atoms. The lowest BCUT2D eigenvalue weighted by Gasteiger charge is -2.24. The number of guanidine groups is 1. The van der Waals surface area contributed by atoms with Crippen molar-refractivity contribution in [1.29, 1.82) is 0 Å². The quantitative estimate of drug-likeness (QED) is 0.336. The van der Waals surface area contributed by atoms with Gasteiger partial charge in [0.25, 0.3) is 0 Å². The molecule has 0 radical (unpaired) electrons. The highest BCUT2D eigenvalue weighted by molar-refractivity contribution is 5.97. The second kappa shape index (κ2) is 7.62. The van der Waals surface area contributed by atoms with Crippen LogP contribution in [0.5, 0.6) is 0 Å². The third-order valence-electron chi connectivity index (χ3n) is 3.86. The summed E-state index contributed by atoms with van der Waals surface area (Å²) < 4.78 is 0. The number of hydrogen-bond donors (Lipinski definition) is 4. The number of aliphatic carboxylic acids is 1. The van der Waals surface area contributed by atoms with Gasteiger partial charge in [-0.3, -0.25) is 14.6 Å². The van der Waals surface area contributed by atoms with Crippen LogP contribution < -0.4 is 16.8 Å². The van der Waals surface area contributed by atoms with Gasteiger partial charge >= 0.3 is 5.97 Å². The second-order valence-corrected chi connectivity index (χ2v) is 5.74. The van der Waals surface area contributed by atoms with Crippen LogP contribution in [-0.2, 0) is 22.4 Å². The summed E-state index contributed by atoms with van der Waals surface area (Å²) in [6, 6.07) is 5.95. The van der Waals surface area contributed by atoms with Gasteiger partial charge in [-0.15, -0.1) is 0 Å². The van der Waals surface area contributed by atoms with Crippen molar-refractivity contribution in [2.24, 2.45) is 22.4 Å². The molecule has 0 bridgehead atoms. The number of hydrogen-bond acceptors (Lipinski definition) is 3. The molecule has 1 aromatic rings. The van der Waals surface area contributed by atoms with Crippen molar-refractivity contribution < 1.29 is 14.7 Å². The van der Waals surface area contributed by atoms with E-state index in [2.05, 4.69) is 10.3 Å². The molecule has 0 aliphatic carbocycles. The van der Waals surface area contributed by atoms with Crippen molar-refractivity contribution >= 4 is 23.5 Å². The number of carbonyl (C=O) groups is 2. The Labute approximate surface area is 134 Å². The Kier molecular flexibility index (Phi) is 5.56. The highest BCUT2D eigenvalue weighted by Gasteiger charge is 2.28. The molecule has 1 aliphatic rings. The zero-order chi connectivity index (χ0) is 16.8. The van der Waals surface area contributed by atoms with Gasteiger partial charge in [0, 0.05) is 12.2 Å². The Balaban J connectivity index is 1.93. The van der Waals surface area contributed by atoms with Crippen LogP contribution in [0.3, 0.4) is 0 Å². The van der Waals surface area contributed by atoms with Crippen molar-refractivity contribution in [3.05, 3.63) is 29.3 Å². The van der Waals surface area contributed by atoms with Crippen LogP contribution in [0, 0.1) is 5.92 Å². The summed E-state index contributed by atoms with van der Waals surface area (Å²) in [5.41, 5.74) is 13.4. The number of aryl methyl sites for hydroxylation is 1. The van der Waals surface area contributed by atoms with Gasteiger partial charge < -0.3 is 21.9 Å². The van der Waals surface area contributed by atoms with Crippen molar-refractivity contribution in [3.8, 4) is 0 Å². The summed E-state index contributed by atoms with van der Waals surface area (Å²) in [6.45, 7) is 0.612. The Bertz CT molecular complexity index is 624. The first-order valence-corrected chi connectivity index (χ1v) is 7.65. The predicted octanol–water partition coefficient (Wildman–Crippen LogP) is 0.868. The molecule has 0 spiro atoms. The normalized spacial score (nSPS) is 16.3. The number of anilines is 1. The van der Waals surface area contributed by atoms with E-state index in [9.17, 15) is 9.59 Å². The number of nitrogens with two attached hydrogens (primary N) is 2. The van der Waals surface area contributed by atoms with Gasteiger partial charge in [0.05, 0.1) is 12.3 Å². The van der Waals surface area contributed by atoms with Gasteiger partial charge in [-0.05, 0) is 42.9 Å². The smallest absolute Gasteiger partial charge is 0.304 e. The molecule has 124 valence electrons. The van der Waals surface area contributed by atoms with E-state index in [1.54, 1.807) is 0 Å². The van der Waals surface area contributed by atoms with Crippen LogP contribution >= 0.6 is 0 Å². The molecule has 1 amide bonds. The molecule has 1 heterocycles. The van der Waals surface area contributed by atoms with Crippen LogP contribution in [0.4, 0.5) is 5.69 Å². The highest BCUT2D eigenvalue weighted by Crippen LogP contribution is 2.28. The first-order valence-electron chi connectivity index (χ1n) is 7.65. The van der Waals surface area contributed by atoms with Crippen molar-refractivity contribution in [2.75, 3.05) is 11.9 Å². The average molecular weight is 318 g/mol. The van der Waals surface area contributed by atoms with Gasteiger partial charge in [-0.2, -0.15) is 0 Å². The molecule has 7 heteroatoms. The Morgan fingerprint density at radius 2 is 2.13 bits per heavy atom. The number of unbranched alkanes of at least 4 members (excludes halogenated alkanes) is 1. The molecule has 1 atom stereocenters. The number of benzene rings is 1. The third-order valence-corrected chi connectivity index (χ3v) is 3.86. The van der Waals surface area contributed by atoms with E-state index in [0.717, 1.165) is 36.1 Å². The van der Waals surface area contributed by atoms with Gasteiger partial charge in [0.15, 0.2) is 5.96 Å². The highest BCUT2D eigenvalue weighted by atomic mass is 16.4. The fraction of sp³-hybridized carbons (Fsp3) is 0.438. The minimum absolute atomic E-state index is 0.109. The van der Waals surface area contributed by atoms with Crippen LogP contribution in [0.1, 0.15) is 30.4 Å². The van der Waals surface area contributed by atoms with E-state index in [0.29, 0.717) is 13.0 Å². The number of aliphatic imine (C=N–C) groups is 1. The van der Waals surface area contributed by atoms with E-state index in [4.69, 9.17) is 16.6 Å². The van der Waals surface area contributed by atoms with E-state index < -0.39 is 11.9 Å². The van der Waals surface area contributed by atoms with E-state index in [-0.39, 0.29) is 18.3 Å². The average Bonchev–Trinajstić information content (AvgIpc) is 2.47. The zero-order valence-corrected chi connectivity index (χ0v) is 12.9. The number of amides is 1.